The molecule has 1 saturated heterocycles. The van der Waals surface area contributed by atoms with Crippen molar-refractivity contribution >= 4 is 34.5 Å². The van der Waals surface area contributed by atoms with Crippen molar-refractivity contribution in [3.05, 3.63) is 94.8 Å². The molecule has 1 aliphatic rings. The highest BCUT2D eigenvalue weighted by atomic mass is 19.1. The zero-order valence-electron chi connectivity index (χ0n) is 30.7. The maximum absolute atomic E-state index is 15.3. The molecule has 1 aliphatic heterocycles. The molecule has 4 aromatic carbocycles. The van der Waals surface area contributed by atoms with Crippen molar-refractivity contribution in [2.24, 2.45) is 0 Å². The van der Waals surface area contributed by atoms with Crippen molar-refractivity contribution in [3.8, 4) is 23.0 Å². The first-order valence-corrected chi connectivity index (χ1v) is 17.1. The van der Waals surface area contributed by atoms with Gasteiger partial charge in [0.1, 0.15) is 35.9 Å². The van der Waals surface area contributed by atoms with Gasteiger partial charge < -0.3 is 48.4 Å². The molecule has 1 N–H and O–H groups in total. The maximum Gasteiger partial charge on any atom is 0.398 e. The number of carbonyl (C=O) groups is 4. The number of likely N-dealkylation sites (tertiary alicyclic amines) is 1. The summed E-state index contributed by atoms with van der Waals surface area (Å²) in [6.45, 7) is -0.873. The van der Waals surface area contributed by atoms with Crippen LogP contribution in [0, 0.1) is 5.82 Å². The van der Waals surface area contributed by atoms with Gasteiger partial charge in [-0.05, 0) is 60.7 Å². The molecule has 292 valence electrons. The van der Waals surface area contributed by atoms with Crippen LogP contribution in [0.3, 0.4) is 0 Å². The molecule has 0 radical (unpaired) electrons. The van der Waals surface area contributed by atoms with Gasteiger partial charge in [-0.25, -0.2) is 9.18 Å². The Morgan fingerprint density at radius 3 is 2.07 bits per heavy atom. The smallest absolute Gasteiger partial charge is 0.398 e. The van der Waals surface area contributed by atoms with Crippen LogP contribution in [0.1, 0.15) is 55.9 Å². The van der Waals surface area contributed by atoms with E-state index in [4.69, 9.17) is 38.0 Å². The van der Waals surface area contributed by atoms with Crippen molar-refractivity contribution in [3.63, 3.8) is 0 Å². The third-order valence-electron chi connectivity index (χ3n) is 8.84. The number of quaternary nitrogens is 1. The van der Waals surface area contributed by atoms with E-state index in [0.29, 0.717) is 35.8 Å². The number of benzene rings is 4. The van der Waals surface area contributed by atoms with E-state index in [1.165, 1.54) is 64.8 Å². The van der Waals surface area contributed by atoms with Gasteiger partial charge in [-0.2, -0.15) is 0 Å². The second-order valence-corrected chi connectivity index (χ2v) is 12.4. The van der Waals surface area contributed by atoms with E-state index in [9.17, 15) is 24.3 Å². The zero-order valence-corrected chi connectivity index (χ0v) is 30.7. The fraction of sp³-hybridized carbons (Fsp3) is 0.333. The van der Waals surface area contributed by atoms with Gasteiger partial charge in [0.25, 0.3) is 5.91 Å². The minimum absolute atomic E-state index is 0.00304. The van der Waals surface area contributed by atoms with Gasteiger partial charge in [0.15, 0.2) is 37.7 Å². The summed E-state index contributed by atoms with van der Waals surface area (Å²) in [4.78, 5) is 59.0. The first-order valence-electron chi connectivity index (χ1n) is 17.1. The van der Waals surface area contributed by atoms with Gasteiger partial charge in [0, 0.05) is 38.7 Å². The number of halogens is 1. The van der Waals surface area contributed by atoms with Gasteiger partial charge >= 0.3 is 12.1 Å². The molecule has 2 unspecified atom stereocenters. The summed E-state index contributed by atoms with van der Waals surface area (Å²) in [6.07, 6.45) is -0.463. The van der Waals surface area contributed by atoms with Crippen LogP contribution in [0.5, 0.6) is 23.0 Å². The molecule has 1 fully saturated rings. The third kappa shape index (κ3) is 9.29. The number of hydroxylamine groups is 3. The van der Waals surface area contributed by atoms with E-state index in [0.717, 1.165) is 0 Å². The van der Waals surface area contributed by atoms with E-state index in [2.05, 4.69) is 5.32 Å². The summed E-state index contributed by atoms with van der Waals surface area (Å²) >= 11 is 0. The number of hydrogen-bond acceptors (Lipinski definition) is 13. The lowest BCUT2D eigenvalue weighted by Gasteiger charge is -2.34. The molecular weight excluding hydrogens is 723 g/mol. The second-order valence-electron chi connectivity index (χ2n) is 12.4. The molecule has 2 atom stereocenters. The van der Waals surface area contributed by atoms with Gasteiger partial charge in [-0.1, -0.05) is 28.9 Å². The third-order valence-corrected chi connectivity index (χ3v) is 8.84. The fourth-order valence-electron chi connectivity index (χ4n) is 6.17. The highest BCUT2D eigenvalue weighted by Crippen LogP contribution is 2.34. The lowest BCUT2D eigenvalue weighted by molar-refractivity contribution is -1.04. The highest BCUT2D eigenvalue weighted by Gasteiger charge is 2.42. The Bertz CT molecular complexity index is 2020. The van der Waals surface area contributed by atoms with Crippen LogP contribution in [0.15, 0.2) is 66.7 Å². The molecule has 0 saturated carbocycles. The number of ether oxygens (including phenoxy) is 7. The highest BCUT2D eigenvalue weighted by molar-refractivity contribution is 6.11. The first kappa shape index (κ1) is 40.4. The molecular formula is C39H41FN2O13. The minimum Gasteiger partial charge on any atom is -0.495 e. The summed E-state index contributed by atoms with van der Waals surface area (Å²) in [5.74, 6) is -2.88. The van der Waals surface area contributed by atoms with Gasteiger partial charge in [-0.3, -0.25) is 14.4 Å². The van der Waals surface area contributed by atoms with E-state index in [1.807, 2.05) is 0 Å². The number of nitrogens with one attached hydrogen (secondary N) is 1. The molecule has 0 aliphatic carbocycles. The van der Waals surface area contributed by atoms with Crippen molar-refractivity contribution in [2.45, 2.75) is 25.3 Å². The number of nitrogens with zero attached hydrogens (tertiary/aromatic N) is 1. The maximum atomic E-state index is 15.3. The molecule has 4 aromatic rings. The van der Waals surface area contributed by atoms with Crippen molar-refractivity contribution < 1.29 is 71.3 Å². The largest absolute Gasteiger partial charge is 0.495 e. The van der Waals surface area contributed by atoms with Crippen LogP contribution in [0.2, 0.25) is 0 Å². The summed E-state index contributed by atoms with van der Waals surface area (Å²) in [6, 6.07) is 15.5. The number of ketones is 1. The van der Waals surface area contributed by atoms with Gasteiger partial charge in [0.05, 0.1) is 24.3 Å². The summed E-state index contributed by atoms with van der Waals surface area (Å²) in [5.41, 5.74) is -0.351. The Hall–Kier alpha value is -5.81. The topological polar surface area (TPSA) is 177 Å². The molecule has 0 aromatic heterocycles. The standard InChI is InChI=1S/C39H41FN2O13/c1-48-21-52-30-10-7-8-26-18-29(33(19-28(26)30)54-23-50-3)37(44)41-27-9-5-6-17-42(20-27,39(46)47)55-38(45)25-13-11-24(12-14-25)36(43)34-31(53-22-49-2)15-16-32(51-4)35(34)40/h7-8,10-16,18-19,27H,5-6,9,17,20-23H2,1-4H3,(H-,41,44,46,47). The number of methoxy groups -OCH3 is 4. The Kier molecular flexibility index (Phi) is 13.6. The average Bonchev–Trinajstić information content (AvgIpc) is 3.40. The SMILES string of the molecule is COCOc1cc2c(OCOC)cccc2cc1C(=O)NC1CCCC[N+](OC(=O)c2ccc(C(=O)c3c(OCOC)ccc(OC)c3F)cc2)(C(=O)[O-])C1. The Labute approximate surface area is 315 Å². The van der Waals surface area contributed by atoms with Gasteiger partial charge in [0.2, 0.25) is 0 Å². The number of rotatable bonds is 15. The summed E-state index contributed by atoms with van der Waals surface area (Å²) in [5, 5.41) is 16.9. The van der Waals surface area contributed by atoms with Crippen LogP contribution < -0.4 is 29.4 Å². The predicted molar refractivity (Wildman–Crippen MR) is 190 cm³/mol. The molecule has 5 rings (SSSR count). The van der Waals surface area contributed by atoms with Crippen LogP contribution in [-0.4, -0.2) is 96.3 Å². The fourth-order valence-corrected chi connectivity index (χ4v) is 6.17. The van der Waals surface area contributed by atoms with E-state index in [-0.39, 0.29) is 67.4 Å². The number of amides is 2. The second kappa shape index (κ2) is 18.5. The monoisotopic (exact) mass is 764 g/mol. The first-order chi connectivity index (χ1) is 26.5. The van der Waals surface area contributed by atoms with Crippen LogP contribution in [0.4, 0.5) is 9.18 Å². The molecule has 0 bridgehead atoms. The van der Waals surface area contributed by atoms with Crippen LogP contribution in [-0.2, 0) is 19.0 Å². The van der Waals surface area contributed by atoms with E-state index in [1.54, 1.807) is 30.3 Å². The molecule has 16 heteroatoms. The average molecular weight is 765 g/mol. The van der Waals surface area contributed by atoms with Crippen LogP contribution >= 0.6 is 0 Å². The number of carbonyl (C=O) groups excluding carboxylic acids is 4. The Morgan fingerprint density at radius 2 is 1.42 bits per heavy atom. The van der Waals surface area contributed by atoms with E-state index < -0.39 is 45.8 Å². The number of carboxylic acid groups (broad SMARTS) is 1. The van der Waals surface area contributed by atoms with Crippen LogP contribution in [0.25, 0.3) is 10.8 Å². The lowest BCUT2D eigenvalue weighted by Crippen LogP contribution is -2.63. The Morgan fingerprint density at radius 1 is 0.782 bits per heavy atom. The normalized spacial score (nSPS) is 16.8. The quantitative estimate of drug-likeness (QED) is 0.103. The molecule has 55 heavy (non-hydrogen) atoms. The van der Waals surface area contributed by atoms with Crippen molar-refractivity contribution in [2.75, 3.05) is 61.9 Å². The molecule has 1 heterocycles. The summed E-state index contributed by atoms with van der Waals surface area (Å²) < 4.78 is 50.9. The van der Waals surface area contributed by atoms with Crippen molar-refractivity contribution in [1.82, 2.24) is 5.32 Å². The zero-order chi connectivity index (χ0) is 39.5. The summed E-state index contributed by atoms with van der Waals surface area (Å²) in [7, 11) is 5.55. The van der Waals surface area contributed by atoms with E-state index >= 15 is 4.39 Å². The van der Waals surface area contributed by atoms with Crippen molar-refractivity contribution in [1.29, 1.82) is 0 Å². The molecule has 0 spiro atoms. The van der Waals surface area contributed by atoms with Gasteiger partial charge in [-0.15, -0.1) is 0 Å². The molecule has 15 nitrogen and oxygen atoms in total. The lowest BCUT2D eigenvalue weighted by atomic mass is 10.00. The predicted octanol–water partition coefficient (Wildman–Crippen LogP) is 4.38. The number of hydrogen-bond donors (Lipinski definition) is 1. The Balaban J connectivity index is 1.35. The minimum atomic E-state index is -1.68. The number of fused-ring (bicyclic) bond motifs is 1. The molecule has 2 amide bonds.